The number of ether oxygens (including phenoxy) is 2. The highest BCUT2D eigenvalue weighted by molar-refractivity contribution is 4.66. The number of aryl methyl sites for hydroxylation is 2. The third-order valence-corrected chi connectivity index (χ3v) is 6.34. The minimum Gasteiger partial charge on any atom is -0.342 e. The van der Waals surface area contributed by atoms with Crippen LogP contribution in [0.1, 0.15) is 104 Å². The van der Waals surface area contributed by atoms with Crippen LogP contribution in [0.4, 0.5) is 0 Å². The van der Waals surface area contributed by atoms with Gasteiger partial charge in [0, 0.05) is 0 Å². The SMILES string of the molecule is CCCCCCCCn1cc[n+](COCCCCOC[n+]2ccn(CCCCCCCC)c2)c1. The minimum atomic E-state index is 0.631. The molecule has 2 heterocycles. The third-order valence-electron chi connectivity index (χ3n) is 6.34. The fourth-order valence-electron chi connectivity index (χ4n) is 4.19. The molecule has 0 aliphatic heterocycles. The Morgan fingerprint density at radius 1 is 0.529 bits per heavy atom. The average Bonchev–Trinajstić information content (AvgIpc) is 3.49. The monoisotopic (exact) mass is 476 g/mol. The summed E-state index contributed by atoms with van der Waals surface area (Å²) in [5.41, 5.74) is 0. The van der Waals surface area contributed by atoms with Crippen molar-refractivity contribution < 1.29 is 18.6 Å². The lowest BCUT2D eigenvalue weighted by atomic mass is 10.1. The van der Waals surface area contributed by atoms with Gasteiger partial charge in [0.1, 0.15) is 24.8 Å². The minimum absolute atomic E-state index is 0.631. The van der Waals surface area contributed by atoms with E-state index >= 15 is 0 Å². The Hall–Kier alpha value is -1.66. The van der Waals surface area contributed by atoms with Crippen LogP contribution in [-0.4, -0.2) is 22.3 Å². The van der Waals surface area contributed by atoms with E-state index in [2.05, 4.69) is 69.6 Å². The van der Waals surface area contributed by atoms with Crippen molar-refractivity contribution in [1.29, 1.82) is 0 Å². The van der Waals surface area contributed by atoms with Crippen LogP contribution in [0.2, 0.25) is 0 Å². The van der Waals surface area contributed by atoms with Crippen molar-refractivity contribution >= 4 is 0 Å². The molecule has 2 aromatic heterocycles. The second-order valence-corrected chi connectivity index (χ2v) is 9.65. The summed E-state index contributed by atoms with van der Waals surface area (Å²) in [6.45, 7) is 9.57. The lowest BCUT2D eigenvalue weighted by Crippen LogP contribution is -2.33. The summed E-state index contributed by atoms with van der Waals surface area (Å²) in [4.78, 5) is 0. The number of hydrogen-bond acceptors (Lipinski definition) is 2. The van der Waals surface area contributed by atoms with Crippen LogP contribution in [-0.2, 0) is 36.0 Å². The van der Waals surface area contributed by atoms with Crippen LogP contribution in [0.5, 0.6) is 0 Å². The predicted molar refractivity (Wildman–Crippen MR) is 137 cm³/mol. The maximum Gasteiger partial charge on any atom is 0.245 e. The van der Waals surface area contributed by atoms with E-state index in [1.165, 1.54) is 77.0 Å². The first-order chi connectivity index (χ1) is 16.8. The Kier molecular flexibility index (Phi) is 16.5. The smallest absolute Gasteiger partial charge is 0.245 e. The molecule has 2 aromatic rings. The Bertz CT molecular complexity index is 653. The summed E-state index contributed by atoms with van der Waals surface area (Å²) in [7, 11) is 0. The highest BCUT2D eigenvalue weighted by Gasteiger charge is 2.05. The first-order valence-corrected chi connectivity index (χ1v) is 14.1. The molecule has 0 atom stereocenters. The maximum atomic E-state index is 5.82. The summed E-state index contributed by atoms with van der Waals surface area (Å²) in [6.07, 6.45) is 31.0. The van der Waals surface area contributed by atoms with Crippen molar-refractivity contribution in [3.05, 3.63) is 37.4 Å². The van der Waals surface area contributed by atoms with Gasteiger partial charge in [-0.15, -0.1) is 0 Å². The van der Waals surface area contributed by atoms with Gasteiger partial charge in [-0.3, -0.25) is 0 Å². The van der Waals surface area contributed by atoms with Crippen LogP contribution >= 0.6 is 0 Å². The fourth-order valence-corrected chi connectivity index (χ4v) is 4.19. The van der Waals surface area contributed by atoms with Crippen molar-refractivity contribution in [1.82, 2.24) is 9.13 Å². The van der Waals surface area contributed by atoms with Gasteiger partial charge in [-0.1, -0.05) is 65.2 Å². The molecule has 0 saturated heterocycles. The number of hydrogen-bond donors (Lipinski definition) is 0. The predicted octanol–water partition coefficient (Wildman–Crippen LogP) is 6.01. The van der Waals surface area contributed by atoms with Crippen LogP contribution in [0.25, 0.3) is 0 Å². The topological polar surface area (TPSA) is 36.1 Å². The number of imidazole rings is 2. The Morgan fingerprint density at radius 3 is 1.38 bits per heavy atom. The molecule has 0 bridgehead atoms. The summed E-state index contributed by atoms with van der Waals surface area (Å²) in [5.74, 6) is 0. The van der Waals surface area contributed by atoms with Gasteiger partial charge in [0.15, 0.2) is 13.5 Å². The van der Waals surface area contributed by atoms with Gasteiger partial charge < -0.3 is 9.47 Å². The molecular formula is C28H52N4O2+2. The molecule has 0 aliphatic carbocycles. The summed E-state index contributed by atoms with van der Waals surface area (Å²) < 4.78 is 20.4. The first kappa shape index (κ1) is 28.6. The van der Waals surface area contributed by atoms with E-state index in [1.54, 1.807) is 0 Å². The van der Waals surface area contributed by atoms with Crippen molar-refractivity contribution in [2.45, 2.75) is 130 Å². The van der Waals surface area contributed by atoms with Crippen molar-refractivity contribution in [2.75, 3.05) is 13.2 Å². The standard InChI is InChI=1S/C28H52N4O2/c1-3-5-7-9-11-13-17-29-19-21-31(25-29)27-33-23-15-16-24-34-28-32-22-20-30(26-32)18-14-12-10-8-6-4-2/h19-22,25-26H,3-18,23-24,27-28H2,1-2H3/q+2. The summed E-state index contributed by atoms with van der Waals surface area (Å²) in [5, 5.41) is 0. The van der Waals surface area contributed by atoms with Gasteiger partial charge in [-0.2, -0.15) is 0 Å². The zero-order valence-electron chi connectivity index (χ0n) is 22.2. The Morgan fingerprint density at radius 2 is 0.941 bits per heavy atom. The van der Waals surface area contributed by atoms with Gasteiger partial charge in [0.2, 0.25) is 12.7 Å². The van der Waals surface area contributed by atoms with Crippen LogP contribution in [0, 0.1) is 0 Å². The second kappa shape index (κ2) is 19.6. The lowest BCUT2D eigenvalue weighted by molar-refractivity contribution is -0.733. The summed E-state index contributed by atoms with van der Waals surface area (Å²) >= 11 is 0. The molecule has 0 saturated carbocycles. The average molecular weight is 477 g/mol. The van der Waals surface area contributed by atoms with E-state index in [0.29, 0.717) is 13.5 Å². The zero-order valence-corrected chi connectivity index (χ0v) is 22.2. The normalized spacial score (nSPS) is 11.5. The van der Waals surface area contributed by atoms with Gasteiger partial charge in [0.25, 0.3) is 0 Å². The van der Waals surface area contributed by atoms with E-state index in [0.717, 1.165) is 39.1 Å². The lowest BCUT2D eigenvalue weighted by Gasteiger charge is -2.03. The van der Waals surface area contributed by atoms with Gasteiger partial charge >= 0.3 is 0 Å². The second-order valence-electron chi connectivity index (χ2n) is 9.65. The number of rotatable bonds is 23. The van der Waals surface area contributed by atoms with E-state index in [-0.39, 0.29) is 0 Å². The number of aromatic nitrogens is 4. The molecule has 0 unspecified atom stereocenters. The highest BCUT2D eigenvalue weighted by atomic mass is 16.5. The Balaban J connectivity index is 1.40. The largest absolute Gasteiger partial charge is 0.342 e. The molecule has 6 heteroatoms. The molecule has 34 heavy (non-hydrogen) atoms. The molecule has 0 aliphatic rings. The number of unbranched alkanes of at least 4 members (excludes halogenated alkanes) is 11. The summed E-state index contributed by atoms with van der Waals surface area (Å²) in [6, 6.07) is 0. The molecule has 0 aromatic carbocycles. The molecule has 6 nitrogen and oxygen atoms in total. The molecule has 0 radical (unpaired) electrons. The molecule has 2 rings (SSSR count). The van der Waals surface area contributed by atoms with Crippen molar-refractivity contribution in [3.63, 3.8) is 0 Å². The van der Waals surface area contributed by atoms with Crippen LogP contribution in [0.15, 0.2) is 37.4 Å². The first-order valence-electron chi connectivity index (χ1n) is 14.1. The molecule has 0 fully saturated rings. The van der Waals surface area contributed by atoms with Crippen molar-refractivity contribution in [2.24, 2.45) is 0 Å². The maximum absolute atomic E-state index is 5.82. The van der Waals surface area contributed by atoms with Gasteiger partial charge in [0.05, 0.1) is 26.3 Å². The van der Waals surface area contributed by atoms with E-state index in [1.807, 2.05) is 0 Å². The quantitative estimate of drug-likeness (QED) is 0.145. The molecular weight excluding hydrogens is 424 g/mol. The zero-order chi connectivity index (χ0) is 24.1. The van der Waals surface area contributed by atoms with Gasteiger partial charge in [-0.05, 0) is 38.5 Å². The molecule has 0 amide bonds. The molecule has 194 valence electrons. The van der Waals surface area contributed by atoms with Crippen molar-refractivity contribution in [3.8, 4) is 0 Å². The fraction of sp³-hybridized carbons (Fsp3) is 0.786. The van der Waals surface area contributed by atoms with E-state index in [9.17, 15) is 0 Å². The van der Waals surface area contributed by atoms with E-state index < -0.39 is 0 Å². The molecule has 0 N–H and O–H groups in total. The Labute approximate surface area is 208 Å². The molecule has 0 spiro atoms. The van der Waals surface area contributed by atoms with E-state index in [4.69, 9.17) is 9.47 Å². The third kappa shape index (κ3) is 13.9. The van der Waals surface area contributed by atoms with Gasteiger partial charge in [-0.25, -0.2) is 18.3 Å². The van der Waals surface area contributed by atoms with Crippen LogP contribution < -0.4 is 9.13 Å². The number of nitrogens with zero attached hydrogens (tertiary/aromatic N) is 4. The highest BCUT2D eigenvalue weighted by Crippen LogP contribution is 2.07. The van der Waals surface area contributed by atoms with Crippen LogP contribution in [0.3, 0.4) is 0 Å².